The van der Waals surface area contributed by atoms with Gasteiger partial charge in [0.15, 0.2) is 0 Å². The number of nitrogens with zero attached hydrogens (tertiary/aromatic N) is 1. The normalized spacial score (nSPS) is 24.5. The molecule has 108 valence electrons. The summed E-state index contributed by atoms with van der Waals surface area (Å²) >= 11 is 0. The van der Waals surface area contributed by atoms with Crippen LogP contribution in [0.25, 0.3) is 0 Å². The van der Waals surface area contributed by atoms with Crippen molar-refractivity contribution in [2.24, 2.45) is 0 Å². The molecule has 0 radical (unpaired) electrons. The molecule has 20 heavy (non-hydrogen) atoms. The molecule has 2 aliphatic carbocycles. The van der Waals surface area contributed by atoms with Gasteiger partial charge in [0.25, 0.3) is 0 Å². The monoisotopic (exact) mass is 273 g/mol. The molecule has 0 aliphatic heterocycles. The molecule has 1 aromatic carbocycles. The second-order valence-electron chi connectivity index (χ2n) is 6.94. The van der Waals surface area contributed by atoms with Gasteiger partial charge >= 0.3 is 5.97 Å². The summed E-state index contributed by atoms with van der Waals surface area (Å²) in [4.78, 5) is 13.7. The van der Waals surface area contributed by atoms with Gasteiger partial charge in [-0.15, -0.1) is 0 Å². The van der Waals surface area contributed by atoms with E-state index in [9.17, 15) is 9.90 Å². The maximum absolute atomic E-state index is 11.2. The van der Waals surface area contributed by atoms with Crippen LogP contribution in [0.3, 0.4) is 0 Å². The van der Waals surface area contributed by atoms with E-state index in [-0.39, 0.29) is 5.41 Å². The zero-order chi connectivity index (χ0) is 14.5. The molecule has 0 heterocycles. The molecule has 2 aliphatic rings. The zero-order valence-electron chi connectivity index (χ0n) is 12.5. The molecule has 1 N–H and O–H groups in total. The van der Waals surface area contributed by atoms with E-state index < -0.39 is 5.97 Å². The summed E-state index contributed by atoms with van der Waals surface area (Å²) in [6, 6.07) is 6.88. The number of hydrogen-bond donors (Lipinski definition) is 1. The molecule has 3 nitrogen and oxygen atoms in total. The Morgan fingerprint density at radius 1 is 1.30 bits per heavy atom. The highest BCUT2D eigenvalue weighted by molar-refractivity contribution is 5.88. The van der Waals surface area contributed by atoms with Crippen LogP contribution in [-0.4, -0.2) is 29.1 Å². The van der Waals surface area contributed by atoms with Crippen molar-refractivity contribution in [3.05, 3.63) is 34.9 Å². The Labute approximate surface area is 120 Å². The highest BCUT2D eigenvalue weighted by atomic mass is 16.4. The maximum atomic E-state index is 11.2. The van der Waals surface area contributed by atoms with Gasteiger partial charge in [0.1, 0.15) is 0 Å². The van der Waals surface area contributed by atoms with Crippen molar-refractivity contribution in [1.82, 2.24) is 4.90 Å². The van der Waals surface area contributed by atoms with E-state index in [1.165, 1.54) is 30.4 Å². The maximum Gasteiger partial charge on any atom is 0.335 e. The Balaban J connectivity index is 2.03. The average molecular weight is 273 g/mol. The molecule has 3 rings (SSSR count). The van der Waals surface area contributed by atoms with Crippen molar-refractivity contribution in [2.75, 3.05) is 7.05 Å². The van der Waals surface area contributed by atoms with Gasteiger partial charge in [-0.05, 0) is 61.4 Å². The Morgan fingerprint density at radius 3 is 2.60 bits per heavy atom. The molecule has 1 fully saturated rings. The van der Waals surface area contributed by atoms with Crippen LogP contribution < -0.4 is 0 Å². The van der Waals surface area contributed by atoms with Crippen LogP contribution in [-0.2, 0) is 5.41 Å². The van der Waals surface area contributed by atoms with Crippen LogP contribution in [0.4, 0.5) is 0 Å². The summed E-state index contributed by atoms with van der Waals surface area (Å²) in [5.41, 5.74) is 3.04. The van der Waals surface area contributed by atoms with E-state index in [0.29, 0.717) is 11.6 Å². The summed E-state index contributed by atoms with van der Waals surface area (Å²) in [6.07, 6.45) is 4.89. The largest absolute Gasteiger partial charge is 0.478 e. The first kappa shape index (κ1) is 13.6. The van der Waals surface area contributed by atoms with E-state index in [1.54, 1.807) is 6.07 Å². The molecule has 1 unspecified atom stereocenters. The van der Waals surface area contributed by atoms with Crippen molar-refractivity contribution >= 4 is 5.97 Å². The lowest BCUT2D eigenvalue weighted by Crippen LogP contribution is -2.35. The van der Waals surface area contributed by atoms with Crippen LogP contribution >= 0.6 is 0 Å². The van der Waals surface area contributed by atoms with Crippen molar-refractivity contribution in [3.63, 3.8) is 0 Å². The smallest absolute Gasteiger partial charge is 0.335 e. The first-order valence-electron chi connectivity index (χ1n) is 7.50. The summed E-state index contributed by atoms with van der Waals surface area (Å²) in [5.74, 6) is -0.832. The number of aromatic carboxylic acids is 1. The topological polar surface area (TPSA) is 40.5 Å². The Bertz CT molecular complexity index is 546. The highest BCUT2D eigenvalue weighted by Crippen LogP contribution is 2.46. The number of hydrogen-bond acceptors (Lipinski definition) is 2. The molecule has 0 saturated heterocycles. The number of carbonyl (C=O) groups is 1. The molecule has 0 amide bonds. The van der Waals surface area contributed by atoms with E-state index in [0.717, 1.165) is 12.5 Å². The summed E-state index contributed by atoms with van der Waals surface area (Å²) in [7, 11) is 2.22. The van der Waals surface area contributed by atoms with Gasteiger partial charge in [-0.3, -0.25) is 4.90 Å². The fourth-order valence-corrected chi connectivity index (χ4v) is 3.51. The third kappa shape index (κ3) is 2.24. The molecule has 3 heteroatoms. The van der Waals surface area contributed by atoms with Crippen LogP contribution in [0.1, 0.15) is 67.1 Å². The Kier molecular flexibility index (Phi) is 3.13. The van der Waals surface area contributed by atoms with Gasteiger partial charge in [-0.2, -0.15) is 0 Å². The molecule has 0 bridgehead atoms. The zero-order valence-corrected chi connectivity index (χ0v) is 12.5. The second kappa shape index (κ2) is 4.59. The molecule has 1 atom stereocenters. The van der Waals surface area contributed by atoms with E-state index in [1.807, 2.05) is 12.1 Å². The van der Waals surface area contributed by atoms with E-state index in [2.05, 4.69) is 25.8 Å². The number of fused-ring (bicyclic) bond motifs is 1. The molecular formula is C17H23NO2. The predicted molar refractivity (Wildman–Crippen MR) is 79.2 cm³/mol. The first-order valence-corrected chi connectivity index (χ1v) is 7.50. The lowest BCUT2D eigenvalue weighted by Gasteiger charge is -2.41. The fourth-order valence-electron chi connectivity index (χ4n) is 3.51. The van der Waals surface area contributed by atoms with Crippen LogP contribution in [0.2, 0.25) is 0 Å². The molecule has 0 aromatic heterocycles. The van der Waals surface area contributed by atoms with Crippen LogP contribution in [0, 0.1) is 0 Å². The molecule has 0 spiro atoms. The van der Waals surface area contributed by atoms with E-state index in [4.69, 9.17) is 0 Å². The Hall–Kier alpha value is -1.35. The SMILES string of the molecule is CN(C1CC1)C1CCC(C)(C)c2cc(C(=O)O)ccc21. The highest BCUT2D eigenvalue weighted by Gasteiger charge is 2.38. The third-order valence-electron chi connectivity index (χ3n) is 5.05. The molecule has 1 saturated carbocycles. The van der Waals surface area contributed by atoms with Crippen LogP contribution in [0.5, 0.6) is 0 Å². The van der Waals surface area contributed by atoms with Crippen molar-refractivity contribution in [3.8, 4) is 0 Å². The fraction of sp³-hybridized carbons (Fsp3) is 0.588. The second-order valence-corrected chi connectivity index (χ2v) is 6.94. The van der Waals surface area contributed by atoms with Crippen molar-refractivity contribution < 1.29 is 9.90 Å². The number of benzene rings is 1. The summed E-state index contributed by atoms with van der Waals surface area (Å²) < 4.78 is 0. The number of carboxylic acids is 1. The number of rotatable bonds is 3. The summed E-state index contributed by atoms with van der Waals surface area (Å²) in [5, 5.41) is 9.22. The average Bonchev–Trinajstić information content (AvgIpc) is 3.22. The van der Waals surface area contributed by atoms with Crippen molar-refractivity contribution in [1.29, 1.82) is 0 Å². The predicted octanol–water partition coefficient (Wildman–Crippen LogP) is 3.59. The third-order valence-corrected chi connectivity index (χ3v) is 5.05. The number of carboxylic acid groups (broad SMARTS) is 1. The lowest BCUT2D eigenvalue weighted by atomic mass is 9.70. The summed E-state index contributed by atoms with van der Waals surface area (Å²) in [6.45, 7) is 4.45. The molecular weight excluding hydrogens is 250 g/mol. The van der Waals surface area contributed by atoms with Gasteiger partial charge in [0, 0.05) is 12.1 Å². The van der Waals surface area contributed by atoms with Crippen LogP contribution in [0.15, 0.2) is 18.2 Å². The van der Waals surface area contributed by atoms with Gasteiger partial charge in [-0.25, -0.2) is 4.79 Å². The lowest BCUT2D eigenvalue weighted by molar-refractivity contribution is 0.0696. The Morgan fingerprint density at radius 2 is 2.00 bits per heavy atom. The van der Waals surface area contributed by atoms with Gasteiger partial charge in [0.2, 0.25) is 0 Å². The minimum Gasteiger partial charge on any atom is -0.478 e. The standard InChI is InChI=1S/C17H23NO2/c1-17(2)9-8-15(18(3)12-5-6-12)13-7-4-11(16(19)20)10-14(13)17/h4,7,10,12,15H,5-6,8-9H2,1-3H3,(H,19,20). The van der Waals surface area contributed by atoms with Crippen molar-refractivity contribution in [2.45, 2.75) is 57.0 Å². The van der Waals surface area contributed by atoms with Gasteiger partial charge < -0.3 is 5.11 Å². The molecule has 1 aromatic rings. The minimum absolute atomic E-state index is 0.0711. The van der Waals surface area contributed by atoms with Gasteiger partial charge in [0.05, 0.1) is 5.56 Å². The quantitative estimate of drug-likeness (QED) is 0.915. The van der Waals surface area contributed by atoms with E-state index >= 15 is 0 Å². The first-order chi connectivity index (χ1) is 9.40. The minimum atomic E-state index is -0.832. The van der Waals surface area contributed by atoms with Gasteiger partial charge in [-0.1, -0.05) is 19.9 Å².